The molecule has 2 heterocycles. The Bertz CT molecular complexity index is 972. The highest BCUT2D eigenvalue weighted by atomic mass is 32.2. The number of benzene rings is 1. The smallest absolute Gasteiger partial charge is 0.316 e. The second-order valence-electron chi connectivity index (χ2n) is 7.33. The average molecular weight is 488 g/mol. The maximum Gasteiger partial charge on any atom is 0.416 e. The van der Waals surface area contributed by atoms with E-state index in [1.807, 2.05) is 6.92 Å². The summed E-state index contributed by atoms with van der Waals surface area (Å²) in [6.07, 6.45) is -8.84. The number of amidine groups is 1. The van der Waals surface area contributed by atoms with Gasteiger partial charge in [-0.2, -0.15) is 31.3 Å². The maximum absolute atomic E-state index is 13.3. The number of carbonyl (C=O) groups is 1. The number of fused-ring (bicyclic) bond motifs is 1. The third-order valence-corrected chi connectivity index (χ3v) is 8.09. The van der Waals surface area contributed by atoms with Gasteiger partial charge >= 0.3 is 12.4 Å². The third kappa shape index (κ3) is 5.36. The van der Waals surface area contributed by atoms with Crippen molar-refractivity contribution in [2.75, 3.05) is 16.4 Å². The normalized spacial score (nSPS) is 24.6. The number of carbonyl (C=O) groups excluding carboxylic acids is 1. The van der Waals surface area contributed by atoms with Crippen molar-refractivity contribution in [2.45, 2.75) is 49.8 Å². The van der Waals surface area contributed by atoms with Crippen LogP contribution >= 0.6 is 11.8 Å². The Morgan fingerprint density at radius 3 is 2.19 bits per heavy atom. The van der Waals surface area contributed by atoms with Crippen LogP contribution in [0.1, 0.15) is 37.3 Å². The van der Waals surface area contributed by atoms with Crippen molar-refractivity contribution in [3.63, 3.8) is 0 Å². The fourth-order valence-corrected chi connectivity index (χ4v) is 7.37. The highest BCUT2D eigenvalue weighted by Crippen LogP contribution is 2.44. The molecule has 1 amide bonds. The number of alkyl halides is 6. The molecular formula is C18H18F6N2O3S2. The molecule has 2 aliphatic rings. The molecule has 0 saturated carbocycles. The van der Waals surface area contributed by atoms with Gasteiger partial charge in [0.15, 0.2) is 15.0 Å². The zero-order valence-corrected chi connectivity index (χ0v) is 17.8. The van der Waals surface area contributed by atoms with Crippen LogP contribution in [-0.4, -0.2) is 42.3 Å². The molecule has 0 N–H and O–H groups in total. The van der Waals surface area contributed by atoms with E-state index < -0.39 is 62.0 Å². The molecular weight excluding hydrogens is 470 g/mol. The van der Waals surface area contributed by atoms with Crippen LogP contribution in [0.2, 0.25) is 0 Å². The fourth-order valence-electron chi connectivity index (χ4n) is 3.43. The Kier molecular flexibility index (Phi) is 6.40. The minimum absolute atomic E-state index is 0.00119. The van der Waals surface area contributed by atoms with E-state index in [1.165, 1.54) is 0 Å². The van der Waals surface area contributed by atoms with Crippen LogP contribution in [0.4, 0.5) is 32.0 Å². The van der Waals surface area contributed by atoms with Crippen LogP contribution in [0.25, 0.3) is 0 Å². The van der Waals surface area contributed by atoms with E-state index in [2.05, 4.69) is 4.99 Å². The van der Waals surface area contributed by atoms with Crippen molar-refractivity contribution < 1.29 is 39.6 Å². The summed E-state index contributed by atoms with van der Waals surface area (Å²) in [5.41, 5.74) is -3.55. The van der Waals surface area contributed by atoms with Crippen LogP contribution in [0, 0.1) is 0 Å². The summed E-state index contributed by atoms with van der Waals surface area (Å²) in [5, 5.41) is -0.731. The zero-order valence-electron chi connectivity index (χ0n) is 16.1. The molecule has 0 aromatic heterocycles. The first-order valence-corrected chi connectivity index (χ1v) is 12.0. The van der Waals surface area contributed by atoms with Gasteiger partial charge < -0.3 is 4.90 Å². The van der Waals surface area contributed by atoms with E-state index in [-0.39, 0.29) is 23.4 Å². The van der Waals surface area contributed by atoms with Gasteiger partial charge in [-0.15, -0.1) is 0 Å². The molecule has 5 nitrogen and oxygen atoms in total. The molecule has 172 valence electrons. The first-order chi connectivity index (χ1) is 14.2. The lowest BCUT2D eigenvalue weighted by atomic mass is 10.1. The van der Waals surface area contributed by atoms with Gasteiger partial charge in [0.2, 0.25) is 5.91 Å². The molecule has 3 rings (SSSR count). The number of unbranched alkanes of at least 4 members (excludes halogenated alkanes) is 1. The van der Waals surface area contributed by atoms with Gasteiger partial charge in [0, 0.05) is 17.4 Å². The number of amides is 1. The van der Waals surface area contributed by atoms with E-state index in [1.54, 1.807) is 0 Å². The molecule has 2 atom stereocenters. The van der Waals surface area contributed by atoms with E-state index in [0.717, 1.165) is 16.7 Å². The second kappa shape index (κ2) is 8.30. The largest absolute Gasteiger partial charge is 0.416 e. The Labute approximate surface area is 178 Å². The minimum atomic E-state index is -5.06. The summed E-state index contributed by atoms with van der Waals surface area (Å²) in [7, 11) is -3.54. The van der Waals surface area contributed by atoms with Crippen LogP contribution in [-0.2, 0) is 27.0 Å². The van der Waals surface area contributed by atoms with Crippen LogP contribution in [0.15, 0.2) is 23.2 Å². The molecule has 2 fully saturated rings. The number of rotatable bonds is 4. The molecule has 31 heavy (non-hydrogen) atoms. The summed E-state index contributed by atoms with van der Waals surface area (Å²) in [6, 6.07) is 0.126. The van der Waals surface area contributed by atoms with E-state index >= 15 is 0 Å². The molecule has 1 aromatic rings. The fraction of sp³-hybridized carbons (Fsp3) is 0.556. The molecule has 2 saturated heterocycles. The van der Waals surface area contributed by atoms with Gasteiger partial charge in [-0.25, -0.2) is 8.42 Å². The standard InChI is InChI=1S/C18H18F6N2O3S2/c1-2-3-4-15(27)25-16-26(13-8-31(28,29)9-14(13)30-16)12-6-10(17(19,20)21)5-11(7-12)18(22,23)24/h5-7,13-14H,2-4,8-9H2,1H3/t13-,14-/m0/s1. The average Bonchev–Trinajstić information content (AvgIpc) is 3.08. The van der Waals surface area contributed by atoms with Crippen LogP contribution in [0.5, 0.6) is 0 Å². The number of hydrogen-bond donors (Lipinski definition) is 0. The molecule has 13 heteroatoms. The Morgan fingerprint density at radius 1 is 1.10 bits per heavy atom. The van der Waals surface area contributed by atoms with Crippen molar-refractivity contribution in [2.24, 2.45) is 4.99 Å². The van der Waals surface area contributed by atoms with Gasteiger partial charge in [0.05, 0.1) is 28.7 Å². The van der Waals surface area contributed by atoms with Crippen molar-refractivity contribution in [3.05, 3.63) is 29.3 Å². The molecule has 0 unspecified atom stereocenters. The molecule has 2 aliphatic heterocycles. The SMILES string of the molecule is CCCCC(=O)N=C1S[C@H]2CS(=O)(=O)C[C@@H]2N1c1cc(C(F)(F)F)cc(C(F)(F)F)c1. The molecule has 0 aliphatic carbocycles. The predicted molar refractivity (Wildman–Crippen MR) is 105 cm³/mol. The number of thioether (sulfide) groups is 1. The summed E-state index contributed by atoms with van der Waals surface area (Å²) < 4.78 is 104. The van der Waals surface area contributed by atoms with Crippen molar-refractivity contribution in [1.82, 2.24) is 0 Å². The number of aliphatic imine (C=N–C) groups is 1. The first-order valence-electron chi connectivity index (χ1n) is 9.28. The lowest BCUT2D eigenvalue weighted by molar-refractivity contribution is -0.143. The maximum atomic E-state index is 13.3. The van der Waals surface area contributed by atoms with Gasteiger partial charge in [0.25, 0.3) is 0 Å². The monoisotopic (exact) mass is 488 g/mol. The van der Waals surface area contributed by atoms with E-state index in [4.69, 9.17) is 0 Å². The molecule has 0 spiro atoms. The molecule has 0 radical (unpaired) electrons. The minimum Gasteiger partial charge on any atom is -0.316 e. The highest BCUT2D eigenvalue weighted by molar-refractivity contribution is 8.16. The quantitative estimate of drug-likeness (QED) is 0.584. The molecule has 0 bridgehead atoms. The molecule has 1 aromatic carbocycles. The van der Waals surface area contributed by atoms with Gasteiger partial charge in [-0.1, -0.05) is 25.1 Å². The Balaban J connectivity index is 2.12. The lowest BCUT2D eigenvalue weighted by Crippen LogP contribution is -2.38. The summed E-state index contributed by atoms with van der Waals surface area (Å²) >= 11 is 0.888. The summed E-state index contributed by atoms with van der Waals surface area (Å²) in [4.78, 5) is 17.1. The highest BCUT2D eigenvalue weighted by Gasteiger charge is 2.50. The number of halogens is 6. The number of nitrogens with zero attached hydrogens (tertiary/aromatic N) is 2. The topological polar surface area (TPSA) is 66.8 Å². The number of hydrogen-bond acceptors (Lipinski definition) is 4. The van der Waals surface area contributed by atoms with E-state index in [0.29, 0.717) is 25.0 Å². The van der Waals surface area contributed by atoms with Crippen molar-refractivity contribution in [1.29, 1.82) is 0 Å². The van der Waals surface area contributed by atoms with Crippen molar-refractivity contribution >= 4 is 38.4 Å². The zero-order chi connectivity index (χ0) is 23.2. The van der Waals surface area contributed by atoms with Gasteiger partial charge in [0.1, 0.15) is 0 Å². The van der Waals surface area contributed by atoms with E-state index in [9.17, 15) is 39.6 Å². The third-order valence-electron chi connectivity index (χ3n) is 4.88. The predicted octanol–water partition coefficient (Wildman–Crippen LogP) is 4.52. The Morgan fingerprint density at radius 2 is 1.68 bits per heavy atom. The second-order valence-corrected chi connectivity index (χ2v) is 10.7. The number of sulfone groups is 1. The van der Waals surface area contributed by atoms with Crippen LogP contribution < -0.4 is 4.90 Å². The van der Waals surface area contributed by atoms with Gasteiger partial charge in [-0.05, 0) is 24.6 Å². The number of anilines is 1. The van der Waals surface area contributed by atoms with Gasteiger partial charge in [-0.3, -0.25) is 4.79 Å². The first kappa shape index (κ1) is 23.9. The van der Waals surface area contributed by atoms with Crippen molar-refractivity contribution in [3.8, 4) is 0 Å². The summed E-state index contributed by atoms with van der Waals surface area (Å²) in [5.74, 6) is -1.32. The summed E-state index contributed by atoms with van der Waals surface area (Å²) in [6.45, 7) is 1.84. The van der Waals surface area contributed by atoms with Crippen LogP contribution in [0.3, 0.4) is 0 Å². The lowest BCUT2D eigenvalue weighted by Gasteiger charge is -2.26. The Hall–Kier alpha value is -1.76.